The van der Waals surface area contributed by atoms with Crippen LogP contribution in [0.5, 0.6) is 11.5 Å². The molecule has 0 aliphatic rings. The van der Waals surface area contributed by atoms with Gasteiger partial charge in [-0.05, 0) is 42.7 Å². The highest BCUT2D eigenvalue weighted by Gasteiger charge is 2.20. The Labute approximate surface area is 229 Å². The third-order valence-corrected chi connectivity index (χ3v) is 6.06. The van der Waals surface area contributed by atoms with Crippen molar-refractivity contribution in [2.45, 2.75) is 25.8 Å². The average molecular weight is 526 g/mol. The maximum atomic E-state index is 13.2. The Balaban J connectivity index is 1.38. The van der Waals surface area contributed by atoms with Gasteiger partial charge in [-0.25, -0.2) is 4.98 Å². The van der Waals surface area contributed by atoms with Crippen molar-refractivity contribution < 1.29 is 14.3 Å². The molecule has 0 fully saturated rings. The fourth-order valence-electron chi connectivity index (χ4n) is 4.16. The van der Waals surface area contributed by atoms with Crippen LogP contribution < -0.4 is 25.4 Å². The molecule has 0 bridgehead atoms. The van der Waals surface area contributed by atoms with E-state index in [0.29, 0.717) is 37.9 Å². The minimum absolute atomic E-state index is 0.127. The van der Waals surface area contributed by atoms with E-state index in [2.05, 4.69) is 25.9 Å². The van der Waals surface area contributed by atoms with Crippen molar-refractivity contribution in [3.63, 3.8) is 0 Å². The van der Waals surface area contributed by atoms with Crippen molar-refractivity contribution in [1.29, 1.82) is 0 Å². The first-order valence-corrected chi connectivity index (χ1v) is 13.1. The van der Waals surface area contributed by atoms with Gasteiger partial charge < -0.3 is 25.4 Å². The SMILES string of the molecule is COc1ccccc1CCNc1nc(C)cc(N[C@@H](Cc2ccccc2)C(=O)NCCOc2ccccc2)n1. The van der Waals surface area contributed by atoms with Crippen LogP contribution in [0.2, 0.25) is 0 Å². The molecule has 0 unspecified atom stereocenters. The lowest BCUT2D eigenvalue weighted by atomic mass is 10.1. The van der Waals surface area contributed by atoms with Gasteiger partial charge in [0.1, 0.15) is 30.0 Å². The van der Waals surface area contributed by atoms with Crippen LogP contribution in [0.3, 0.4) is 0 Å². The number of nitrogens with zero attached hydrogens (tertiary/aromatic N) is 2. The number of hydrogen-bond donors (Lipinski definition) is 3. The molecule has 1 aromatic heterocycles. The topological polar surface area (TPSA) is 97.4 Å². The second-order valence-electron chi connectivity index (χ2n) is 9.05. The molecule has 0 saturated heterocycles. The van der Waals surface area contributed by atoms with Crippen molar-refractivity contribution in [2.75, 3.05) is 37.4 Å². The normalized spacial score (nSPS) is 11.3. The van der Waals surface area contributed by atoms with Gasteiger partial charge >= 0.3 is 0 Å². The van der Waals surface area contributed by atoms with Crippen molar-refractivity contribution >= 4 is 17.7 Å². The lowest BCUT2D eigenvalue weighted by Gasteiger charge is -2.20. The minimum atomic E-state index is -0.528. The first-order valence-electron chi connectivity index (χ1n) is 13.1. The highest BCUT2D eigenvalue weighted by molar-refractivity contribution is 5.84. The summed E-state index contributed by atoms with van der Waals surface area (Å²) in [5, 5.41) is 9.62. The highest BCUT2D eigenvalue weighted by atomic mass is 16.5. The molecule has 8 nitrogen and oxygen atoms in total. The van der Waals surface area contributed by atoms with Gasteiger partial charge in [-0.15, -0.1) is 0 Å². The zero-order valence-electron chi connectivity index (χ0n) is 22.4. The van der Waals surface area contributed by atoms with E-state index >= 15 is 0 Å². The van der Waals surface area contributed by atoms with Crippen molar-refractivity contribution in [2.24, 2.45) is 0 Å². The number of carbonyl (C=O) groups excluding carboxylic acids is 1. The zero-order valence-corrected chi connectivity index (χ0v) is 22.4. The molecule has 4 rings (SSSR count). The summed E-state index contributed by atoms with van der Waals surface area (Å²) in [5.41, 5.74) is 2.95. The number of hydrogen-bond acceptors (Lipinski definition) is 7. The van der Waals surface area contributed by atoms with Crippen LogP contribution in [0.1, 0.15) is 16.8 Å². The van der Waals surface area contributed by atoms with Gasteiger partial charge in [0.25, 0.3) is 0 Å². The van der Waals surface area contributed by atoms with Gasteiger partial charge in [0, 0.05) is 24.7 Å². The number of aromatic nitrogens is 2. The molecule has 0 spiro atoms. The fraction of sp³-hybridized carbons (Fsp3) is 0.258. The van der Waals surface area contributed by atoms with E-state index in [1.54, 1.807) is 7.11 Å². The number of amides is 1. The summed E-state index contributed by atoms with van der Waals surface area (Å²) in [6.45, 7) is 3.31. The van der Waals surface area contributed by atoms with Crippen molar-refractivity contribution in [3.05, 3.63) is 108 Å². The number of nitrogens with one attached hydrogen (secondary N) is 3. The molecular formula is C31H35N5O3. The standard InChI is InChI=1S/C31H35N5O3/c1-23-21-29(36-31(34-23)33-18-17-25-13-9-10-16-28(25)38-2)35-27(22-24-11-5-3-6-12-24)30(37)32-19-20-39-26-14-7-4-8-15-26/h3-16,21,27H,17-20,22H2,1-2H3,(H,32,37)(H2,33,34,35,36)/t27-/m0/s1. The molecule has 4 aromatic rings. The van der Waals surface area contributed by atoms with E-state index in [4.69, 9.17) is 9.47 Å². The van der Waals surface area contributed by atoms with E-state index in [1.807, 2.05) is 97.9 Å². The Kier molecular flexibility index (Phi) is 10.1. The quantitative estimate of drug-likeness (QED) is 0.206. The van der Waals surface area contributed by atoms with Gasteiger partial charge in [-0.2, -0.15) is 4.98 Å². The predicted octanol–water partition coefficient (Wildman–Crippen LogP) is 4.67. The molecule has 202 valence electrons. The zero-order chi connectivity index (χ0) is 27.3. The Hall–Kier alpha value is -4.59. The maximum Gasteiger partial charge on any atom is 0.243 e. The third kappa shape index (κ3) is 8.74. The number of methoxy groups -OCH3 is 1. The van der Waals surface area contributed by atoms with Crippen LogP contribution in [0, 0.1) is 6.92 Å². The summed E-state index contributed by atoms with van der Waals surface area (Å²) in [4.78, 5) is 22.4. The summed E-state index contributed by atoms with van der Waals surface area (Å²) in [6.07, 6.45) is 1.26. The van der Waals surface area contributed by atoms with Gasteiger partial charge in [-0.3, -0.25) is 4.79 Å². The van der Waals surface area contributed by atoms with E-state index in [0.717, 1.165) is 34.7 Å². The average Bonchev–Trinajstić information content (AvgIpc) is 2.96. The molecule has 1 atom stereocenters. The molecule has 0 aliphatic carbocycles. The summed E-state index contributed by atoms with van der Waals surface area (Å²) >= 11 is 0. The lowest BCUT2D eigenvalue weighted by molar-refractivity contribution is -0.121. The first kappa shape index (κ1) is 27.4. The van der Waals surface area contributed by atoms with Crippen molar-refractivity contribution in [1.82, 2.24) is 15.3 Å². The molecule has 8 heteroatoms. The molecule has 0 radical (unpaired) electrons. The molecule has 3 aromatic carbocycles. The maximum absolute atomic E-state index is 13.2. The van der Waals surface area contributed by atoms with Crippen LogP contribution in [-0.2, 0) is 17.6 Å². The highest BCUT2D eigenvalue weighted by Crippen LogP contribution is 2.18. The van der Waals surface area contributed by atoms with Crippen LogP contribution in [0.4, 0.5) is 11.8 Å². The Bertz CT molecular complexity index is 1320. The summed E-state index contributed by atoms with van der Waals surface area (Å²) in [7, 11) is 1.67. The molecule has 1 amide bonds. The number of ether oxygens (including phenoxy) is 2. The van der Waals surface area contributed by atoms with Crippen LogP contribution >= 0.6 is 0 Å². The van der Waals surface area contributed by atoms with Gasteiger partial charge in [0.05, 0.1) is 13.7 Å². The number of anilines is 2. The minimum Gasteiger partial charge on any atom is -0.496 e. The van der Waals surface area contributed by atoms with Crippen LogP contribution in [0.15, 0.2) is 91.0 Å². The summed E-state index contributed by atoms with van der Waals surface area (Å²) in [6, 6.07) is 28.7. The smallest absolute Gasteiger partial charge is 0.243 e. The van der Waals surface area contributed by atoms with Gasteiger partial charge in [0.2, 0.25) is 11.9 Å². The number of carbonyl (C=O) groups is 1. The molecule has 0 saturated carbocycles. The van der Waals surface area contributed by atoms with Gasteiger partial charge in [-0.1, -0.05) is 66.7 Å². The molecular weight excluding hydrogens is 490 g/mol. The Morgan fingerprint density at radius 2 is 1.62 bits per heavy atom. The van der Waals surface area contributed by atoms with E-state index < -0.39 is 6.04 Å². The summed E-state index contributed by atoms with van der Waals surface area (Å²) < 4.78 is 11.2. The van der Waals surface area contributed by atoms with Gasteiger partial charge in [0.15, 0.2) is 0 Å². The Morgan fingerprint density at radius 1 is 0.897 bits per heavy atom. The predicted molar refractivity (Wildman–Crippen MR) is 154 cm³/mol. The molecule has 3 N–H and O–H groups in total. The van der Waals surface area contributed by atoms with E-state index in [9.17, 15) is 4.79 Å². The monoisotopic (exact) mass is 525 g/mol. The Morgan fingerprint density at radius 3 is 2.38 bits per heavy atom. The number of aryl methyl sites for hydroxylation is 1. The van der Waals surface area contributed by atoms with E-state index in [1.165, 1.54) is 0 Å². The molecule has 39 heavy (non-hydrogen) atoms. The van der Waals surface area contributed by atoms with Crippen LogP contribution in [0.25, 0.3) is 0 Å². The number of benzene rings is 3. The first-order chi connectivity index (χ1) is 19.1. The third-order valence-electron chi connectivity index (χ3n) is 6.06. The fourth-order valence-corrected chi connectivity index (χ4v) is 4.16. The molecule has 0 aliphatic heterocycles. The van der Waals surface area contributed by atoms with Crippen molar-refractivity contribution in [3.8, 4) is 11.5 Å². The number of para-hydroxylation sites is 2. The van der Waals surface area contributed by atoms with E-state index in [-0.39, 0.29) is 5.91 Å². The largest absolute Gasteiger partial charge is 0.496 e. The second kappa shape index (κ2) is 14.4. The lowest BCUT2D eigenvalue weighted by Crippen LogP contribution is -2.42. The van der Waals surface area contributed by atoms with Crippen LogP contribution in [-0.4, -0.2) is 48.7 Å². The molecule has 1 heterocycles. The summed E-state index contributed by atoms with van der Waals surface area (Å²) in [5.74, 6) is 2.59. The number of rotatable bonds is 14. The second-order valence-corrected chi connectivity index (χ2v) is 9.05.